The fraction of sp³-hybridized carbons (Fsp3) is 0.667. The zero-order chi connectivity index (χ0) is 14.4. The molecule has 1 saturated carbocycles. The van der Waals surface area contributed by atoms with Gasteiger partial charge in [-0.2, -0.15) is 0 Å². The summed E-state index contributed by atoms with van der Waals surface area (Å²) in [5.74, 6) is 0.682. The van der Waals surface area contributed by atoms with Crippen molar-refractivity contribution in [1.82, 2.24) is 4.90 Å². The van der Waals surface area contributed by atoms with Crippen LogP contribution in [0.3, 0.4) is 0 Å². The molecular weight excluding hydrogens is 244 g/mol. The molecule has 112 valence electrons. The normalized spacial score (nSPS) is 23.8. The summed E-state index contributed by atoms with van der Waals surface area (Å²) in [4.78, 5) is 2.66. The van der Waals surface area contributed by atoms with Gasteiger partial charge in [-0.15, -0.1) is 0 Å². The van der Waals surface area contributed by atoms with E-state index in [0.29, 0.717) is 12.0 Å². The van der Waals surface area contributed by atoms with Crippen LogP contribution in [0.1, 0.15) is 50.2 Å². The van der Waals surface area contributed by atoms with E-state index in [4.69, 9.17) is 5.73 Å². The van der Waals surface area contributed by atoms with Crippen LogP contribution < -0.4 is 5.73 Å². The molecule has 0 aliphatic heterocycles. The lowest BCUT2D eigenvalue weighted by atomic mass is 9.92. The first-order valence-electron chi connectivity index (χ1n) is 8.24. The molecule has 20 heavy (non-hydrogen) atoms. The zero-order valence-corrected chi connectivity index (χ0v) is 13.1. The molecule has 1 fully saturated rings. The summed E-state index contributed by atoms with van der Waals surface area (Å²) >= 11 is 0. The van der Waals surface area contributed by atoms with Crippen molar-refractivity contribution in [2.24, 2.45) is 11.7 Å². The molecule has 0 spiro atoms. The van der Waals surface area contributed by atoms with Crippen molar-refractivity contribution in [3.05, 3.63) is 35.4 Å². The van der Waals surface area contributed by atoms with Crippen LogP contribution in [0.4, 0.5) is 0 Å². The van der Waals surface area contributed by atoms with Gasteiger partial charge in [-0.25, -0.2) is 0 Å². The summed E-state index contributed by atoms with van der Waals surface area (Å²) in [6, 6.07) is 9.45. The van der Waals surface area contributed by atoms with Crippen LogP contribution in [0.15, 0.2) is 24.3 Å². The number of nitrogens with zero attached hydrogens (tertiary/aromatic N) is 1. The SMILES string of the molecule is CCN(Cc1ccccc1C)C1CCCCCC1CN. The van der Waals surface area contributed by atoms with Gasteiger partial charge in [0.2, 0.25) is 0 Å². The van der Waals surface area contributed by atoms with Crippen LogP contribution in [0.2, 0.25) is 0 Å². The van der Waals surface area contributed by atoms with E-state index >= 15 is 0 Å². The molecule has 0 saturated heterocycles. The maximum Gasteiger partial charge on any atom is 0.0239 e. The van der Waals surface area contributed by atoms with E-state index < -0.39 is 0 Å². The van der Waals surface area contributed by atoms with E-state index in [1.165, 1.54) is 43.2 Å². The summed E-state index contributed by atoms with van der Waals surface area (Å²) in [6.45, 7) is 7.54. The Morgan fingerprint density at radius 3 is 2.60 bits per heavy atom. The van der Waals surface area contributed by atoms with Crippen LogP contribution >= 0.6 is 0 Å². The molecule has 1 aromatic rings. The van der Waals surface area contributed by atoms with E-state index in [0.717, 1.165) is 19.6 Å². The summed E-state index contributed by atoms with van der Waals surface area (Å²) in [5, 5.41) is 0. The van der Waals surface area contributed by atoms with Gasteiger partial charge in [0.1, 0.15) is 0 Å². The molecule has 2 N–H and O–H groups in total. The van der Waals surface area contributed by atoms with Gasteiger partial charge < -0.3 is 5.73 Å². The molecule has 2 rings (SSSR count). The van der Waals surface area contributed by atoms with Crippen molar-refractivity contribution >= 4 is 0 Å². The second-order valence-corrected chi connectivity index (χ2v) is 6.19. The van der Waals surface area contributed by atoms with E-state index in [-0.39, 0.29) is 0 Å². The molecule has 0 heterocycles. The van der Waals surface area contributed by atoms with Crippen LogP contribution in [0.5, 0.6) is 0 Å². The van der Waals surface area contributed by atoms with Crippen molar-refractivity contribution in [3.63, 3.8) is 0 Å². The molecular formula is C18H30N2. The Hall–Kier alpha value is -0.860. The topological polar surface area (TPSA) is 29.3 Å². The highest BCUT2D eigenvalue weighted by molar-refractivity contribution is 5.25. The Bertz CT molecular complexity index is 402. The zero-order valence-electron chi connectivity index (χ0n) is 13.1. The Labute approximate surface area is 124 Å². The smallest absolute Gasteiger partial charge is 0.0239 e. The number of benzene rings is 1. The van der Waals surface area contributed by atoms with Gasteiger partial charge in [-0.1, -0.05) is 50.5 Å². The average Bonchev–Trinajstić information content (AvgIpc) is 2.71. The van der Waals surface area contributed by atoms with Crippen LogP contribution in [-0.2, 0) is 6.54 Å². The second-order valence-electron chi connectivity index (χ2n) is 6.19. The summed E-state index contributed by atoms with van der Waals surface area (Å²) < 4.78 is 0. The molecule has 0 bridgehead atoms. The monoisotopic (exact) mass is 274 g/mol. The fourth-order valence-electron chi connectivity index (χ4n) is 3.59. The first kappa shape index (κ1) is 15.5. The minimum Gasteiger partial charge on any atom is -0.330 e. The number of rotatable bonds is 5. The molecule has 1 aliphatic carbocycles. The van der Waals surface area contributed by atoms with Gasteiger partial charge in [0.15, 0.2) is 0 Å². The van der Waals surface area contributed by atoms with Crippen molar-refractivity contribution in [2.75, 3.05) is 13.1 Å². The Balaban J connectivity index is 2.11. The maximum absolute atomic E-state index is 6.05. The minimum atomic E-state index is 0.673. The lowest BCUT2D eigenvalue weighted by Gasteiger charge is -2.35. The van der Waals surface area contributed by atoms with Crippen LogP contribution in [0.25, 0.3) is 0 Å². The van der Waals surface area contributed by atoms with Crippen molar-refractivity contribution in [2.45, 2.75) is 58.5 Å². The standard InChI is InChI=1S/C18H30N2/c1-3-20(14-17-11-8-7-9-15(17)2)18-12-6-4-5-10-16(18)13-19/h7-9,11,16,18H,3-6,10,12-14,19H2,1-2H3. The van der Waals surface area contributed by atoms with Gasteiger partial charge in [0.25, 0.3) is 0 Å². The number of aryl methyl sites for hydroxylation is 1. The third-order valence-corrected chi connectivity index (χ3v) is 4.93. The van der Waals surface area contributed by atoms with Crippen molar-refractivity contribution in [1.29, 1.82) is 0 Å². The number of nitrogens with two attached hydrogens (primary N) is 1. The largest absolute Gasteiger partial charge is 0.330 e. The summed E-state index contributed by atoms with van der Waals surface area (Å²) in [5.41, 5.74) is 8.93. The molecule has 2 nitrogen and oxygen atoms in total. The number of hydrogen-bond donors (Lipinski definition) is 1. The molecule has 2 atom stereocenters. The molecule has 0 aromatic heterocycles. The lowest BCUT2D eigenvalue weighted by Crippen LogP contribution is -2.42. The van der Waals surface area contributed by atoms with Crippen LogP contribution in [-0.4, -0.2) is 24.0 Å². The molecule has 2 heteroatoms. The highest BCUT2D eigenvalue weighted by atomic mass is 15.2. The van der Waals surface area contributed by atoms with E-state index in [1.54, 1.807) is 0 Å². The first-order valence-corrected chi connectivity index (χ1v) is 8.24. The fourth-order valence-corrected chi connectivity index (χ4v) is 3.59. The van der Waals surface area contributed by atoms with Gasteiger partial charge in [0.05, 0.1) is 0 Å². The van der Waals surface area contributed by atoms with Crippen molar-refractivity contribution < 1.29 is 0 Å². The van der Waals surface area contributed by atoms with E-state index in [9.17, 15) is 0 Å². The minimum absolute atomic E-state index is 0.673. The highest BCUT2D eigenvalue weighted by Crippen LogP contribution is 2.28. The summed E-state index contributed by atoms with van der Waals surface area (Å²) in [7, 11) is 0. The third-order valence-electron chi connectivity index (χ3n) is 4.93. The van der Waals surface area contributed by atoms with Crippen molar-refractivity contribution in [3.8, 4) is 0 Å². The predicted molar refractivity (Wildman–Crippen MR) is 86.7 cm³/mol. The summed E-state index contributed by atoms with van der Waals surface area (Å²) in [6.07, 6.45) is 6.74. The Kier molecular flexibility index (Phi) is 6.06. The molecule has 1 aliphatic rings. The maximum atomic E-state index is 6.05. The second kappa shape index (κ2) is 7.80. The molecule has 0 amide bonds. The Morgan fingerprint density at radius 1 is 1.15 bits per heavy atom. The molecule has 1 aromatic carbocycles. The highest BCUT2D eigenvalue weighted by Gasteiger charge is 2.27. The van der Waals surface area contributed by atoms with Gasteiger partial charge in [0, 0.05) is 12.6 Å². The lowest BCUT2D eigenvalue weighted by molar-refractivity contribution is 0.134. The Morgan fingerprint density at radius 2 is 1.90 bits per heavy atom. The molecule has 0 radical (unpaired) electrons. The number of hydrogen-bond acceptors (Lipinski definition) is 2. The van der Waals surface area contributed by atoms with Gasteiger partial charge in [-0.05, 0) is 49.9 Å². The molecule has 2 unspecified atom stereocenters. The average molecular weight is 274 g/mol. The van der Waals surface area contributed by atoms with Gasteiger partial charge >= 0.3 is 0 Å². The van der Waals surface area contributed by atoms with E-state index in [1.807, 2.05) is 0 Å². The predicted octanol–water partition coefficient (Wildman–Crippen LogP) is 3.72. The first-order chi connectivity index (χ1) is 9.76. The quantitative estimate of drug-likeness (QED) is 0.829. The van der Waals surface area contributed by atoms with Gasteiger partial charge in [-0.3, -0.25) is 4.90 Å². The third kappa shape index (κ3) is 3.83. The van der Waals surface area contributed by atoms with E-state index in [2.05, 4.69) is 43.0 Å². The van der Waals surface area contributed by atoms with Crippen LogP contribution in [0, 0.1) is 12.8 Å².